The molecule has 31 heavy (non-hydrogen) atoms. The summed E-state index contributed by atoms with van der Waals surface area (Å²) in [6, 6.07) is 1.79. The topological polar surface area (TPSA) is 124 Å². The minimum Gasteiger partial charge on any atom is -0.444 e. The number of nitrogens with zero attached hydrogens (tertiary/aromatic N) is 5. The molecule has 0 aliphatic carbocycles. The summed E-state index contributed by atoms with van der Waals surface area (Å²) in [7, 11) is 1.66. The van der Waals surface area contributed by atoms with Gasteiger partial charge in [-0.05, 0) is 26.8 Å². The van der Waals surface area contributed by atoms with E-state index in [0.717, 1.165) is 13.1 Å². The lowest BCUT2D eigenvalue weighted by atomic mass is 10.2. The molecular weight excluding hydrogens is 400 g/mol. The third kappa shape index (κ3) is 9.06. The van der Waals surface area contributed by atoms with E-state index in [2.05, 4.69) is 35.8 Å². The first-order valence-electron chi connectivity index (χ1n) is 10.5. The zero-order chi connectivity index (χ0) is 22.7. The number of amides is 2. The Morgan fingerprint density at radius 2 is 1.65 bits per heavy atom. The molecule has 1 saturated heterocycles. The van der Waals surface area contributed by atoms with Crippen molar-refractivity contribution in [2.24, 2.45) is 4.99 Å². The van der Waals surface area contributed by atoms with Gasteiger partial charge in [0.1, 0.15) is 5.60 Å². The lowest BCUT2D eigenvalue weighted by Gasteiger charge is -2.34. The molecule has 1 aromatic heterocycles. The van der Waals surface area contributed by atoms with E-state index in [1.807, 2.05) is 25.7 Å². The van der Waals surface area contributed by atoms with Crippen LogP contribution in [0.1, 0.15) is 27.2 Å². The molecular formula is C20H34N8O3. The Hall–Kier alpha value is -3.11. The highest BCUT2D eigenvalue weighted by Gasteiger charge is 2.22. The molecule has 0 radical (unpaired) electrons. The van der Waals surface area contributed by atoms with Crippen LogP contribution in [0, 0.1) is 0 Å². The number of nitrogens with one attached hydrogen (secondary N) is 3. The number of ether oxygens (including phenoxy) is 1. The molecule has 2 heterocycles. The molecule has 3 N–H and O–H groups in total. The molecule has 172 valence electrons. The standard InChI is InChI=1S/C20H34N8O3/c1-20(2,3)31-19(30)26-11-10-23-17(21-4)22-9-6-16(29)27-12-14-28(15-13-27)18-24-7-5-8-25-18/h5,7-8H,6,9-15H2,1-4H3,(H,26,30)(H2,21,22,23). The first-order valence-corrected chi connectivity index (χ1v) is 10.5. The molecule has 2 rings (SSSR count). The van der Waals surface area contributed by atoms with E-state index in [0.29, 0.717) is 51.1 Å². The first kappa shape index (κ1) is 24.2. The van der Waals surface area contributed by atoms with Gasteiger partial charge in [0, 0.05) is 71.7 Å². The van der Waals surface area contributed by atoms with Gasteiger partial charge in [0.15, 0.2) is 5.96 Å². The number of anilines is 1. The smallest absolute Gasteiger partial charge is 0.407 e. The van der Waals surface area contributed by atoms with Gasteiger partial charge in [0.05, 0.1) is 0 Å². The van der Waals surface area contributed by atoms with Crippen LogP contribution in [0.25, 0.3) is 0 Å². The van der Waals surface area contributed by atoms with E-state index >= 15 is 0 Å². The van der Waals surface area contributed by atoms with Crippen LogP contribution in [-0.2, 0) is 9.53 Å². The van der Waals surface area contributed by atoms with Gasteiger partial charge in [-0.25, -0.2) is 14.8 Å². The number of guanidine groups is 1. The van der Waals surface area contributed by atoms with Crippen molar-refractivity contribution in [3.63, 3.8) is 0 Å². The molecule has 0 bridgehead atoms. The number of aliphatic imine (C=N–C) groups is 1. The number of alkyl carbamates (subject to hydrolysis) is 1. The third-order valence-corrected chi connectivity index (χ3v) is 4.41. The van der Waals surface area contributed by atoms with Crippen molar-refractivity contribution >= 4 is 23.9 Å². The molecule has 1 fully saturated rings. The van der Waals surface area contributed by atoms with E-state index in [4.69, 9.17) is 4.74 Å². The van der Waals surface area contributed by atoms with E-state index in [1.54, 1.807) is 25.5 Å². The molecule has 0 atom stereocenters. The van der Waals surface area contributed by atoms with Crippen molar-refractivity contribution in [3.8, 4) is 0 Å². The minimum absolute atomic E-state index is 0.100. The van der Waals surface area contributed by atoms with Crippen LogP contribution in [0.5, 0.6) is 0 Å². The highest BCUT2D eigenvalue weighted by molar-refractivity contribution is 5.81. The lowest BCUT2D eigenvalue weighted by Crippen LogP contribution is -2.50. The number of hydrogen-bond donors (Lipinski definition) is 3. The molecule has 0 aromatic carbocycles. The fraction of sp³-hybridized carbons (Fsp3) is 0.650. The summed E-state index contributed by atoms with van der Waals surface area (Å²) in [5.41, 5.74) is -0.524. The third-order valence-electron chi connectivity index (χ3n) is 4.41. The highest BCUT2D eigenvalue weighted by Crippen LogP contribution is 2.10. The summed E-state index contributed by atoms with van der Waals surface area (Å²) in [4.78, 5) is 40.7. The Balaban J connectivity index is 1.60. The SMILES string of the molecule is CN=C(NCCNC(=O)OC(C)(C)C)NCCC(=O)N1CCN(c2ncccn2)CC1. The van der Waals surface area contributed by atoms with Crippen molar-refractivity contribution in [2.45, 2.75) is 32.8 Å². The molecule has 2 amide bonds. The zero-order valence-corrected chi connectivity index (χ0v) is 18.8. The van der Waals surface area contributed by atoms with Gasteiger partial charge in [-0.3, -0.25) is 9.79 Å². The summed E-state index contributed by atoms with van der Waals surface area (Å²) in [5, 5.41) is 8.88. The Bertz CT molecular complexity index is 728. The number of hydrogen-bond acceptors (Lipinski definition) is 7. The maximum Gasteiger partial charge on any atom is 0.407 e. The first-order chi connectivity index (χ1) is 14.8. The average molecular weight is 435 g/mol. The largest absolute Gasteiger partial charge is 0.444 e. The molecule has 1 aliphatic heterocycles. The second-order valence-corrected chi connectivity index (χ2v) is 8.02. The van der Waals surface area contributed by atoms with Crippen molar-refractivity contribution < 1.29 is 14.3 Å². The predicted molar refractivity (Wildman–Crippen MR) is 119 cm³/mol. The van der Waals surface area contributed by atoms with Crippen molar-refractivity contribution in [1.82, 2.24) is 30.8 Å². The zero-order valence-electron chi connectivity index (χ0n) is 18.8. The fourth-order valence-corrected chi connectivity index (χ4v) is 2.94. The molecule has 11 heteroatoms. The summed E-state index contributed by atoms with van der Waals surface area (Å²) in [6.07, 6.45) is 3.36. The van der Waals surface area contributed by atoms with Crippen LogP contribution in [-0.4, -0.2) is 91.3 Å². The van der Waals surface area contributed by atoms with E-state index in [-0.39, 0.29) is 5.91 Å². The van der Waals surface area contributed by atoms with Crippen molar-refractivity contribution in [3.05, 3.63) is 18.5 Å². The Kier molecular flexibility index (Phi) is 9.29. The van der Waals surface area contributed by atoms with E-state index in [1.165, 1.54) is 0 Å². The van der Waals surface area contributed by atoms with Crippen LogP contribution in [0.2, 0.25) is 0 Å². The second kappa shape index (κ2) is 11.9. The van der Waals surface area contributed by atoms with Gasteiger partial charge in [0.25, 0.3) is 0 Å². The highest BCUT2D eigenvalue weighted by atomic mass is 16.6. The quantitative estimate of drug-likeness (QED) is 0.316. The van der Waals surface area contributed by atoms with Crippen LogP contribution in [0.4, 0.5) is 10.7 Å². The van der Waals surface area contributed by atoms with Crippen LogP contribution < -0.4 is 20.9 Å². The van der Waals surface area contributed by atoms with Gasteiger partial charge in [-0.1, -0.05) is 0 Å². The number of rotatable bonds is 7. The maximum atomic E-state index is 12.5. The monoisotopic (exact) mass is 434 g/mol. The van der Waals surface area contributed by atoms with Crippen molar-refractivity contribution in [1.29, 1.82) is 0 Å². The second-order valence-electron chi connectivity index (χ2n) is 8.02. The van der Waals surface area contributed by atoms with E-state index < -0.39 is 11.7 Å². The Labute approximate surface area is 183 Å². The number of aromatic nitrogens is 2. The molecule has 1 aromatic rings. The molecule has 0 saturated carbocycles. The number of carbonyl (C=O) groups excluding carboxylic acids is 2. The summed E-state index contributed by atoms with van der Waals surface area (Å²) in [5.74, 6) is 1.38. The van der Waals surface area contributed by atoms with Gasteiger partial charge in [-0.15, -0.1) is 0 Å². The predicted octanol–water partition coefficient (Wildman–Crippen LogP) is 0.205. The van der Waals surface area contributed by atoms with Gasteiger partial charge >= 0.3 is 6.09 Å². The molecule has 0 unspecified atom stereocenters. The summed E-state index contributed by atoms with van der Waals surface area (Å²) < 4.78 is 5.18. The molecule has 11 nitrogen and oxygen atoms in total. The van der Waals surface area contributed by atoms with Crippen molar-refractivity contribution in [2.75, 3.05) is 57.8 Å². The summed E-state index contributed by atoms with van der Waals surface area (Å²) >= 11 is 0. The van der Waals surface area contributed by atoms with Crippen LogP contribution in [0.15, 0.2) is 23.5 Å². The number of carbonyl (C=O) groups is 2. The van der Waals surface area contributed by atoms with Gasteiger partial charge < -0.3 is 30.5 Å². The van der Waals surface area contributed by atoms with Crippen LogP contribution >= 0.6 is 0 Å². The summed E-state index contributed by atoms with van der Waals surface area (Å²) in [6.45, 7) is 9.54. The number of piperazine rings is 1. The molecule has 0 spiro atoms. The average Bonchev–Trinajstić information content (AvgIpc) is 2.74. The van der Waals surface area contributed by atoms with Gasteiger partial charge in [-0.2, -0.15) is 0 Å². The van der Waals surface area contributed by atoms with Crippen LogP contribution in [0.3, 0.4) is 0 Å². The Morgan fingerprint density at radius 1 is 1.03 bits per heavy atom. The van der Waals surface area contributed by atoms with E-state index in [9.17, 15) is 9.59 Å². The fourth-order valence-electron chi connectivity index (χ4n) is 2.94. The maximum absolute atomic E-state index is 12.5. The Morgan fingerprint density at radius 3 is 2.26 bits per heavy atom. The lowest BCUT2D eigenvalue weighted by molar-refractivity contribution is -0.131. The normalized spacial score (nSPS) is 14.8. The van der Waals surface area contributed by atoms with Gasteiger partial charge in [0.2, 0.25) is 11.9 Å². The molecule has 1 aliphatic rings. The minimum atomic E-state index is -0.524.